The summed E-state index contributed by atoms with van der Waals surface area (Å²) >= 11 is 0. The summed E-state index contributed by atoms with van der Waals surface area (Å²) in [5, 5.41) is 15.2. The van der Waals surface area contributed by atoms with Crippen molar-refractivity contribution in [3.63, 3.8) is 0 Å². The van der Waals surface area contributed by atoms with E-state index >= 15 is 0 Å². The van der Waals surface area contributed by atoms with Gasteiger partial charge < -0.3 is 5.32 Å². The summed E-state index contributed by atoms with van der Waals surface area (Å²) in [5.74, 6) is -0.0941. The number of nitrogens with zero attached hydrogens (tertiary/aromatic N) is 1. The number of amides is 2. The average molecular weight is 445 g/mol. The van der Waals surface area contributed by atoms with E-state index in [4.69, 9.17) is 0 Å². The molecule has 1 aliphatic heterocycles. The molecule has 5 heteroatoms. The third-order valence-electron chi connectivity index (χ3n) is 12.0. The monoisotopic (exact) mass is 444 g/mol. The maximum Gasteiger partial charge on any atom is 0.270 e. The van der Waals surface area contributed by atoms with Crippen LogP contribution >= 0.6 is 0 Å². The van der Waals surface area contributed by atoms with Crippen LogP contribution in [0.15, 0.2) is 12.2 Å². The molecule has 3 fully saturated rings. The summed E-state index contributed by atoms with van der Waals surface area (Å²) in [6.07, 6.45) is 9.29. The van der Waals surface area contributed by atoms with Gasteiger partial charge in [0.25, 0.3) is 5.91 Å². The lowest BCUT2D eigenvalue weighted by atomic mass is 9.29. The van der Waals surface area contributed by atoms with E-state index in [1.807, 2.05) is 0 Å². The number of hydroxylamine groups is 2. The van der Waals surface area contributed by atoms with Crippen LogP contribution in [0.3, 0.4) is 0 Å². The van der Waals surface area contributed by atoms with Crippen LogP contribution in [0.2, 0.25) is 0 Å². The highest BCUT2D eigenvalue weighted by atomic mass is 16.5. The van der Waals surface area contributed by atoms with Crippen molar-refractivity contribution in [2.24, 2.45) is 33.0 Å². The molecule has 0 spiro atoms. The van der Waals surface area contributed by atoms with Gasteiger partial charge in [-0.15, -0.1) is 0 Å². The van der Waals surface area contributed by atoms with E-state index in [0.717, 1.165) is 43.6 Å². The number of nitrogens with one attached hydrogen (secondary N) is 1. The fourth-order valence-electron chi connectivity index (χ4n) is 9.02. The first-order chi connectivity index (χ1) is 14.4. The van der Waals surface area contributed by atoms with Crippen LogP contribution < -0.4 is 5.32 Å². The highest BCUT2D eigenvalue weighted by Gasteiger charge is 2.77. The zero-order valence-corrected chi connectivity index (χ0v) is 21.7. The standard InChI is InChI=1S/C27H44N2O3/c1-21(2,3)28-20(31)18-10-12-23(5)22(18,4)14-15-25(7)24(23,6)16-17-27(9)26(25,8)13-11-19(30)29(27)32/h11,13,18,32H,10,12,14-17H2,1-9H3,(H,28,31)/t18-,22-,23-,24+,25+,26-,27-/m1/s1. The minimum Gasteiger partial charge on any atom is -0.351 e. The Morgan fingerprint density at radius 3 is 2.16 bits per heavy atom. The maximum absolute atomic E-state index is 13.4. The molecule has 1 heterocycles. The molecule has 2 amide bonds. The first-order valence-electron chi connectivity index (χ1n) is 12.5. The molecule has 5 nitrogen and oxygen atoms in total. The fourth-order valence-corrected chi connectivity index (χ4v) is 9.02. The summed E-state index contributed by atoms with van der Waals surface area (Å²) in [6.45, 7) is 20.1. The Morgan fingerprint density at radius 2 is 1.56 bits per heavy atom. The van der Waals surface area contributed by atoms with Crippen molar-refractivity contribution in [1.29, 1.82) is 0 Å². The highest BCUT2D eigenvalue weighted by molar-refractivity contribution is 5.89. The Labute approximate surface area is 194 Å². The molecule has 0 aromatic rings. The lowest BCUT2D eigenvalue weighted by Crippen LogP contribution is -2.75. The minimum absolute atomic E-state index is 0.00713. The largest absolute Gasteiger partial charge is 0.351 e. The summed E-state index contributed by atoms with van der Waals surface area (Å²) < 4.78 is 0. The van der Waals surface area contributed by atoms with Crippen LogP contribution in [-0.4, -0.2) is 33.2 Å². The van der Waals surface area contributed by atoms with Crippen molar-refractivity contribution in [3.8, 4) is 0 Å². The molecule has 0 aromatic heterocycles. The number of hydrogen-bond acceptors (Lipinski definition) is 3. The SMILES string of the molecule is CC(C)(C)NC(=O)[C@H]1CC[C@@]2(C)[C@]3(C)CC[C@@]4(C)N(O)C(=O)C=C[C@]4(C)[C@@]3(C)CC[C@]12C. The Kier molecular flexibility index (Phi) is 4.76. The minimum atomic E-state index is -0.626. The number of carbonyl (C=O) groups excluding carboxylic acids is 2. The molecule has 0 bridgehead atoms. The third kappa shape index (κ3) is 2.44. The maximum atomic E-state index is 13.4. The van der Waals surface area contributed by atoms with Gasteiger partial charge in [-0.1, -0.05) is 40.7 Å². The summed E-state index contributed by atoms with van der Waals surface area (Å²) in [4.78, 5) is 25.8. The molecule has 0 radical (unpaired) electrons. The number of carbonyl (C=O) groups is 2. The molecule has 7 atom stereocenters. The van der Waals surface area contributed by atoms with E-state index in [-0.39, 0.29) is 50.3 Å². The molecule has 0 aromatic carbocycles. The van der Waals surface area contributed by atoms with Gasteiger partial charge in [0, 0.05) is 22.9 Å². The molecule has 32 heavy (non-hydrogen) atoms. The van der Waals surface area contributed by atoms with Crippen molar-refractivity contribution >= 4 is 11.8 Å². The second kappa shape index (κ2) is 6.40. The highest BCUT2D eigenvalue weighted by Crippen LogP contribution is 2.81. The lowest BCUT2D eigenvalue weighted by Gasteiger charge is -2.76. The number of rotatable bonds is 1. The smallest absolute Gasteiger partial charge is 0.270 e. The second-order valence-electron chi connectivity index (χ2n) is 13.7. The van der Waals surface area contributed by atoms with Crippen molar-refractivity contribution in [2.75, 3.05) is 0 Å². The van der Waals surface area contributed by atoms with Gasteiger partial charge in [0.05, 0.1) is 5.54 Å². The molecule has 0 unspecified atom stereocenters. The van der Waals surface area contributed by atoms with E-state index in [9.17, 15) is 14.8 Å². The van der Waals surface area contributed by atoms with Gasteiger partial charge in [0.1, 0.15) is 0 Å². The third-order valence-corrected chi connectivity index (χ3v) is 12.0. The van der Waals surface area contributed by atoms with E-state index in [1.165, 1.54) is 0 Å². The molecule has 4 aliphatic rings. The quantitative estimate of drug-likeness (QED) is 0.526. The van der Waals surface area contributed by atoms with Crippen LogP contribution in [0.25, 0.3) is 0 Å². The summed E-state index contributed by atoms with van der Waals surface area (Å²) in [6, 6.07) is 0. The molecule has 4 rings (SSSR count). The van der Waals surface area contributed by atoms with E-state index in [0.29, 0.717) is 0 Å². The second-order valence-corrected chi connectivity index (χ2v) is 13.7. The van der Waals surface area contributed by atoms with E-state index in [2.05, 4.69) is 73.7 Å². The van der Waals surface area contributed by atoms with Gasteiger partial charge in [0.2, 0.25) is 5.91 Å². The molecular weight excluding hydrogens is 400 g/mol. The first kappa shape index (κ1) is 23.8. The molecule has 3 saturated carbocycles. The zero-order valence-electron chi connectivity index (χ0n) is 21.7. The normalized spacial score (nSPS) is 50.5. The van der Waals surface area contributed by atoms with E-state index < -0.39 is 5.54 Å². The van der Waals surface area contributed by atoms with Crippen LogP contribution in [0, 0.1) is 33.0 Å². The molecule has 0 saturated heterocycles. The molecule has 2 N–H and O–H groups in total. The van der Waals surface area contributed by atoms with Crippen LogP contribution in [0.4, 0.5) is 0 Å². The number of fused-ring (bicyclic) bond motifs is 5. The van der Waals surface area contributed by atoms with Crippen molar-refractivity contribution in [1.82, 2.24) is 10.4 Å². The predicted octanol–water partition coefficient (Wildman–Crippen LogP) is 5.48. The van der Waals surface area contributed by atoms with Crippen molar-refractivity contribution in [3.05, 3.63) is 12.2 Å². The van der Waals surface area contributed by atoms with Crippen molar-refractivity contribution < 1.29 is 14.8 Å². The van der Waals surface area contributed by atoms with Gasteiger partial charge in [0.15, 0.2) is 0 Å². The zero-order chi connectivity index (χ0) is 24.2. The van der Waals surface area contributed by atoms with Gasteiger partial charge in [-0.3, -0.25) is 14.8 Å². The van der Waals surface area contributed by atoms with Crippen LogP contribution in [0.5, 0.6) is 0 Å². The Balaban J connectivity index is 1.81. The molecular formula is C27H44N2O3. The Bertz CT molecular complexity index is 892. The topological polar surface area (TPSA) is 69.6 Å². The van der Waals surface area contributed by atoms with Crippen LogP contribution in [-0.2, 0) is 9.59 Å². The van der Waals surface area contributed by atoms with Crippen molar-refractivity contribution in [2.45, 2.75) is 112 Å². The van der Waals surface area contributed by atoms with Crippen LogP contribution in [0.1, 0.15) is 101 Å². The van der Waals surface area contributed by atoms with Gasteiger partial charge >= 0.3 is 0 Å². The lowest BCUT2D eigenvalue weighted by molar-refractivity contribution is -0.295. The molecule has 180 valence electrons. The van der Waals surface area contributed by atoms with Gasteiger partial charge in [-0.2, -0.15) is 0 Å². The number of hydrogen-bond donors (Lipinski definition) is 2. The predicted molar refractivity (Wildman–Crippen MR) is 126 cm³/mol. The van der Waals surface area contributed by atoms with E-state index in [1.54, 1.807) is 6.08 Å². The van der Waals surface area contributed by atoms with Gasteiger partial charge in [-0.25, -0.2) is 5.06 Å². The first-order valence-corrected chi connectivity index (χ1v) is 12.5. The van der Waals surface area contributed by atoms with Gasteiger partial charge in [-0.05, 0) is 87.9 Å². The summed E-state index contributed by atoms with van der Waals surface area (Å²) in [7, 11) is 0. The molecule has 3 aliphatic carbocycles. The summed E-state index contributed by atoms with van der Waals surface area (Å²) in [5.41, 5.74) is -1.44. The average Bonchev–Trinajstić information content (AvgIpc) is 2.96. The Morgan fingerprint density at radius 1 is 0.969 bits per heavy atom. The fraction of sp³-hybridized carbons (Fsp3) is 0.852. The Hall–Kier alpha value is -1.36.